The Labute approximate surface area is 112 Å². The lowest BCUT2D eigenvalue weighted by Gasteiger charge is -2.07. The number of phenolic OH excluding ortho intramolecular Hbond substituents is 1. The van der Waals surface area contributed by atoms with E-state index in [4.69, 9.17) is 0 Å². The van der Waals surface area contributed by atoms with Crippen molar-refractivity contribution in [2.24, 2.45) is 0 Å². The molecule has 0 aromatic heterocycles. The molecule has 0 atom stereocenters. The molecule has 0 heterocycles. The number of hydrogen-bond acceptors (Lipinski definition) is 2. The van der Waals surface area contributed by atoms with E-state index in [0.717, 1.165) is 17.2 Å². The maximum absolute atomic E-state index is 12.0. The number of amides is 1. The minimum atomic E-state index is -0.243. The van der Waals surface area contributed by atoms with Crippen LogP contribution in [0.5, 0.6) is 5.75 Å². The number of fused-ring (bicyclic) bond motifs is 1. The van der Waals surface area contributed by atoms with Gasteiger partial charge in [-0.2, -0.15) is 0 Å². The van der Waals surface area contributed by atoms with Crippen LogP contribution in [-0.4, -0.2) is 17.6 Å². The first-order chi connectivity index (χ1) is 9.22. The minimum absolute atomic E-state index is 0.0160. The van der Waals surface area contributed by atoms with E-state index in [-0.39, 0.29) is 11.7 Å². The van der Waals surface area contributed by atoms with Crippen molar-refractivity contribution in [3.8, 4) is 5.75 Å². The summed E-state index contributed by atoms with van der Waals surface area (Å²) >= 11 is 0. The Morgan fingerprint density at radius 3 is 2.63 bits per heavy atom. The van der Waals surface area contributed by atoms with Gasteiger partial charge >= 0.3 is 0 Å². The summed E-state index contributed by atoms with van der Waals surface area (Å²) in [5, 5.41) is 14.6. The molecule has 0 aliphatic carbocycles. The Morgan fingerprint density at radius 2 is 1.95 bits per heavy atom. The van der Waals surface area contributed by atoms with Crippen molar-refractivity contribution in [1.82, 2.24) is 5.32 Å². The fourth-order valence-corrected chi connectivity index (χ4v) is 1.94. The number of carbonyl (C=O) groups is 1. The van der Waals surface area contributed by atoms with Crippen LogP contribution in [0.25, 0.3) is 10.8 Å². The Bertz CT molecular complexity index is 617. The zero-order chi connectivity index (χ0) is 13.7. The zero-order valence-electron chi connectivity index (χ0n) is 10.9. The number of aromatic hydroxyl groups is 1. The molecule has 98 valence electrons. The topological polar surface area (TPSA) is 49.3 Å². The van der Waals surface area contributed by atoms with E-state index in [9.17, 15) is 9.90 Å². The molecule has 0 fully saturated rings. The van der Waals surface area contributed by atoms with Gasteiger partial charge in [-0.15, -0.1) is 0 Å². The number of hydrogen-bond donors (Lipinski definition) is 2. The first kappa shape index (κ1) is 13.1. The second-order valence-corrected chi connectivity index (χ2v) is 4.33. The summed E-state index contributed by atoms with van der Waals surface area (Å²) in [7, 11) is 0. The molecule has 0 aliphatic heterocycles. The molecule has 0 saturated heterocycles. The average Bonchev–Trinajstić information content (AvgIpc) is 2.42. The maximum atomic E-state index is 12.0. The van der Waals surface area contributed by atoms with Crippen molar-refractivity contribution in [2.75, 3.05) is 6.54 Å². The second kappa shape index (κ2) is 6.05. The number of allylic oxidation sites excluding steroid dienone is 1. The summed E-state index contributed by atoms with van der Waals surface area (Å²) in [6.07, 6.45) is 4.72. The van der Waals surface area contributed by atoms with Crippen LogP contribution in [-0.2, 0) is 0 Å². The molecule has 2 aromatic rings. The third-order valence-corrected chi connectivity index (χ3v) is 2.94. The van der Waals surface area contributed by atoms with Crippen molar-refractivity contribution < 1.29 is 9.90 Å². The molecule has 1 amide bonds. The number of phenols is 1. The van der Waals surface area contributed by atoms with Crippen molar-refractivity contribution in [1.29, 1.82) is 0 Å². The number of carbonyl (C=O) groups excluding carboxylic acids is 1. The SMILES string of the molecule is C/C=C/CCNC(=O)c1cc2ccccc2cc1O. The summed E-state index contributed by atoms with van der Waals surface area (Å²) in [4.78, 5) is 12.0. The van der Waals surface area contributed by atoms with Crippen molar-refractivity contribution >= 4 is 16.7 Å². The molecule has 3 nitrogen and oxygen atoms in total. The highest BCUT2D eigenvalue weighted by Gasteiger charge is 2.11. The van der Waals surface area contributed by atoms with E-state index in [1.165, 1.54) is 0 Å². The lowest BCUT2D eigenvalue weighted by atomic mass is 10.1. The maximum Gasteiger partial charge on any atom is 0.255 e. The Hall–Kier alpha value is -2.29. The molecule has 0 aliphatic rings. The van der Waals surface area contributed by atoms with E-state index in [1.807, 2.05) is 43.3 Å². The van der Waals surface area contributed by atoms with Gasteiger partial charge in [0.25, 0.3) is 5.91 Å². The fourth-order valence-electron chi connectivity index (χ4n) is 1.94. The van der Waals surface area contributed by atoms with Crippen LogP contribution in [0.15, 0.2) is 48.6 Å². The van der Waals surface area contributed by atoms with E-state index in [0.29, 0.717) is 12.1 Å². The Morgan fingerprint density at radius 1 is 1.26 bits per heavy atom. The Balaban J connectivity index is 2.19. The molecular formula is C16H17NO2. The van der Waals surface area contributed by atoms with Gasteiger partial charge in [-0.3, -0.25) is 4.79 Å². The predicted molar refractivity (Wildman–Crippen MR) is 77.4 cm³/mol. The van der Waals surface area contributed by atoms with Crippen LogP contribution in [0, 0.1) is 0 Å². The number of benzene rings is 2. The highest BCUT2D eigenvalue weighted by Crippen LogP contribution is 2.24. The molecule has 2 N–H and O–H groups in total. The monoisotopic (exact) mass is 255 g/mol. The molecule has 0 unspecified atom stereocenters. The van der Waals surface area contributed by atoms with Gasteiger partial charge in [0.2, 0.25) is 0 Å². The third-order valence-electron chi connectivity index (χ3n) is 2.94. The molecule has 2 rings (SSSR count). The predicted octanol–water partition coefficient (Wildman–Crippen LogP) is 3.24. The van der Waals surface area contributed by atoms with Crippen LogP contribution in [0.3, 0.4) is 0 Å². The molecule has 0 spiro atoms. The fraction of sp³-hybridized carbons (Fsp3) is 0.188. The van der Waals surface area contributed by atoms with Gasteiger partial charge in [0, 0.05) is 6.54 Å². The van der Waals surface area contributed by atoms with Crippen LogP contribution < -0.4 is 5.32 Å². The standard InChI is InChI=1S/C16H17NO2/c1-2-3-6-9-17-16(19)14-10-12-7-4-5-8-13(12)11-15(14)18/h2-5,7-8,10-11,18H,6,9H2,1H3,(H,17,19)/b3-2+. The van der Waals surface area contributed by atoms with Crippen LogP contribution in [0.2, 0.25) is 0 Å². The largest absolute Gasteiger partial charge is 0.507 e. The van der Waals surface area contributed by atoms with E-state index in [1.54, 1.807) is 12.1 Å². The molecular weight excluding hydrogens is 238 g/mol. The third kappa shape index (κ3) is 3.13. The van der Waals surface area contributed by atoms with Crippen molar-refractivity contribution in [3.05, 3.63) is 54.1 Å². The summed E-state index contributed by atoms with van der Waals surface area (Å²) < 4.78 is 0. The van der Waals surface area contributed by atoms with Crippen molar-refractivity contribution in [3.63, 3.8) is 0 Å². The molecule has 0 bridgehead atoms. The Kier molecular flexibility index (Phi) is 4.18. The first-order valence-electron chi connectivity index (χ1n) is 6.33. The van der Waals surface area contributed by atoms with Gasteiger partial charge in [-0.25, -0.2) is 0 Å². The summed E-state index contributed by atoms with van der Waals surface area (Å²) in [6, 6.07) is 11.0. The second-order valence-electron chi connectivity index (χ2n) is 4.33. The molecule has 2 aromatic carbocycles. The summed E-state index contributed by atoms with van der Waals surface area (Å²) in [6.45, 7) is 2.51. The first-order valence-corrected chi connectivity index (χ1v) is 6.33. The quantitative estimate of drug-likeness (QED) is 0.651. The van der Waals surface area contributed by atoms with Gasteiger partial charge < -0.3 is 10.4 Å². The molecule has 0 radical (unpaired) electrons. The van der Waals surface area contributed by atoms with E-state index < -0.39 is 0 Å². The van der Waals surface area contributed by atoms with Gasteiger partial charge in [0.1, 0.15) is 5.75 Å². The van der Waals surface area contributed by atoms with Gasteiger partial charge in [-0.05, 0) is 36.2 Å². The smallest absolute Gasteiger partial charge is 0.255 e. The van der Waals surface area contributed by atoms with Crippen molar-refractivity contribution in [2.45, 2.75) is 13.3 Å². The number of nitrogens with one attached hydrogen (secondary N) is 1. The highest BCUT2D eigenvalue weighted by molar-refractivity contribution is 6.01. The number of rotatable bonds is 4. The van der Waals surface area contributed by atoms with E-state index >= 15 is 0 Å². The van der Waals surface area contributed by atoms with Crippen LogP contribution in [0.1, 0.15) is 23.7 Å². The summed E-state index contributed by atoms with van der Waals surface area (Å²) in [5.41, 5.74) is 0.319. The summed E-state index contributed by atoms with van der Waals surface area (Å²) in [5.74, 6) is -0.227. The molecule has 3 heteroatoms. The lowest BCUT2D eigenvalue weighted by molar-refractivity contribution is 0.0952. The van der Waals surface area contributed by atoms with Crippen LogP contribution in [0.4, 0.5) is 0 Å². The van der Waals surface area contributed by atoms with E-state index in [2.05, 4.69) is 5.32 Å². The zero-order valence-corrected chi connectivity index (χ0v) is 10.9. The van der Waals surface area contributed by atoms with Gasteiger partial charge in [0.05, 0.1) is 5.56 Å². The average molecular weight is 255 g/mol. The molecule has 19 heavy (non-hydrogen) atoms. The van der Waals surface area contributed by atoms with Gasteiger partial charge in [0.15, 0.2) is 0 Å². The normalized spacial score (nSPS) is 11.0. The van der Waals surface area contributed by atoms with Gasteiger partial charge in [-0.1, -0.05) is 36.4 Å². The molecule has 0 saturated carbocycles. The minimum Gasteiger partial charge on any atom is -0.507 e. The van der Waals surface area contributed by atoms with Crippen LogP contribution >= 0.6 is 0 Å². The lowest BCUT2D eigenvalue weighted by Crippen LogP contribution is -2.24. The highest BCUT2D eigenvalue weighted by atomic mass is 16.3.